The van der Waals surface area contributed by atoms with Gasteiger partial charge in [-0.2, -0.15) is 0 Å². The number of benzene rings is 2. The summed E-state index contributed by atoms with van der Waals surface area (Å²) in [6, 6.07) is 11.7. The average Bonchev–Trinajstić information content (AvgIpc) is 2.94. The third kappa shape index (κ3) is 9.24. The molecule has 2 aromatic carbocycles. The molecule has 3 N–H and O–H groups in total. The van der Waals surface area contributed by atoms with Gasteiger partial charge in [0.1, 0.15) is 11.5 Å². The van der Waals surface area contributed by atoms with Crippen molar-refractivity contribution in [3.8, 4) is 23.3 Å². The third-order valence-electron chi connectivity index (χ3n) is 8.27. The lowest BCUT2D eigenvalue weighted by Gasteiger charge is -2.25. The first-order valence-electron chi connectivity index (χ1n) is 16.5. The molecule has 5 rings (SSSR count). The Bertz CT molecular complexity index is 1900. The van der Waals surface area contributed by atoms with Crippen LogP contribution in [0.4, 0.5) is 0 Å². The van der Waals surface area contributed by atoms with Crippen molar-refractivity contribution in [1.29, 1.82) is 0 Å². The Kier molecular flexibility index (Phi) is 11.5. The SMILES string of the molecule is Cc1cc(C)cc(Oc2[nH]c(=O)[nH]c(=O)c2C(C)C)c1.Cc1cc(C)cc(Oc2c(C(C)C)c(=O)[nH]c(=O)n2CC2CCCCC2)c1. The van der Waals surface area contributed by atoms with E-state index in [4.69, 9.17) is 9.47 Å². The van der Waals surface area contributed by atoms with Crippen LogP contribution in [0, 0.1) is 33.6 Å². The van der Waals surface area contributed by atoms with E-state index in [1.54, 1.807) is 4.57 Å². The van der Waals surface area contributed by atoms with Crippen molar-refractivity contribution >= 4 is 0 Å². The Morgan fingerprint density at radius 1 is 0.660 bits per heavy atom. The van der Waals surface area contributed by atoms with E-state index in [1.165, 1.54) is 19.3 Å². The highest BCUT2D eigenvalue weighted by Gasteiger charge is 2.23. The van der Waals surface area contributed by atoms with Crippen LogP contribution in [0.25, 0.3) is 0 Å². The zero-order valence-electron chi connectivity index (χ0n) is 28.8. The van der Waals surface area contributed by atoms with E-state index < -0.39 is 11.2 Å². The van der Waals surface area contributed by atoms with Crippen LogP contribution >= 0.6 is 0 Å². The highest BCUT2D eigenvalue weighted by atomic mass is 16.5. The van der Waals surface area contributed by atoms with Crippen LogP contribution in [0.3, 0.4) is 0 Å². The topological polar surface area (TPSA) is 139 Å². The van der Waals surface area contributed by atoms with Gasteiger partial charge in [-0.05, 0) is 105 Å². The van der Waals surface area contributed by atoms with Gasteiger partial charge in [-0.25, -0.2) is 9.59 Å². The highest BCUT2D eigenvalue weighted by Crippen LogP contribution is 2.31. The largest absolute Gasteiger partial charge is 0.440 e. The van der Waals surface area contributed by atoms with Crippen LogP contribution in [0.1, 0.15) is 105 Å². The lowest BCUT2D eigenvalue weighted by Crippen LogP contribution is -2.35. The minimum atomic E-state index is -0.571. The number of aryl methyl sites for hydroxylation is 4. The van der Waals surface area contributed by atoms with E-state index in [0.717, 1.165) is 35.1 Å². The number of nitrogens with one attached hydrogen (secondary N) is 3. The van der Waals surface area contributed by atoms with Crippen LogP contribution < -0.4 is 32.0 Å². The second-order valence-corrected chi connectivity index (χ2v) is 13.4. The summed E-state index contributed by atoms with van der Waals surface area (Å²) in [5.74, 6) is 2.21. The molecular weight excluding hydrogens is 596 g/mol. The summed E-state index contributed by atoms with van der Waals surface area (Å²) in [6.07, 6.45) is 5.90. The monoisotopic (exact) mass is 644 g/mol. The van der Waals surface area contributed by atoms with Gasteiger partial charge in [-0.1, -0.05) is 59.1 Å². The fraction of sp³-hybridized carbons (Fsp3) is 0.459. The Morgan fingerprint density at radius 3 is 1.66 bits per heavy atom. The molecular formula is C37H48N4O6. The van der Waals surface area contributed by atoms with Gasteiger partial charge in [-0.3, -0.25) is 29.1 Å². The summed E-state index contributed by atoms with van der Waals surface area (Å²) in [4.78, 5) is 55.7. The van der Waals surface area contributed by atoms with Crippen LogP contribution in [-0.2, 0) is 6.54 Å². The molecule has 2 aromatic heterocycles. The second-order valence-electron chi connectivity index (χ2n) is 13.4. The standard InChI is InChI=1S/C22H30N2O3.C15H18N2O3/c1-14(2)19-20(25)23-22(26)24(13-17-8-6-5-7-9-17)21(19)27-18-11-15(3)10-16(4)12-18;1-8(2)12-13(18)16-15(19)17-14(12)20-11-6-9(3)5-10(4)7-11/h10-12,14,17H,5-9,13H2,1-4H3,(H,23,25,26);5-8H,1-4H3,(H2,16,17,18,19). The average molecular weight is 645 g/mol. The number of H-pyrrole nitrogens is 3. The maximum absolute atomic E-state index is 12.7. The number of rotatable bonds is 8. The van der Waals surface area contributed by atoms with Crippen LogP contribution in [0.5, 0.6) is 23.3 Å². The maximum Gasteiger partial charge on any atom is 0.331 e. The Balaban J connectivity index is 0.000000223. The number of nitrogens with zero attached hydrogens (tertiary/aromatic N) is 1. The molecule has 1 aliphatic rings. The molecule has 0 aliphatic heterocycles. The summed E-state index contributed by atoms with van der Waals surface area (Å²) < 4.78 is 13.6. The molecule has 0 atom stereocenters. The van der Waals surface area contributed by atoms with Gasteiger partial charge < -0.3 is 9.47 Å². The number of aromatic amines is 3. The minimum Gasteiger partial charge on any atom is -0.440 e. The molecule has 10 heteroatoms. The number of ether oxygens (including phenoxy) is 2. The quantitative estimate of drug-likeness (QED) is 0.185. The molecule has 2 heterocycles. The predicted molar refractivity (Wildman–Crippen MR) is 186 cm³/mol. The Morgan fingerprint density at radius 2 is 1.15 bits per heavy atom. The van der Waals surface area contributed by atoms with E-state index in [2.05, 4.69) is 21.0 Å². The summed E-state index contributed by atoms with van der Waals surface area (Å²) in [6.45, 7) is 16.2. The molecule has 252 valence electrons. The van der Waals surface area contributed by atoms with Gasteiger partial charge in [0.05, 0.1) is 11.1 Å². The highest BCUT2D eigenvalue weighted by molar-refractivity contribution is 5.39. The van der Waals surface area contributed by atoms with E-state index >= 15 is 0 Å². The molecule has 0 radical (unpaired) electrons. The number of aromatic nitrogens is 4. The Labute approximate surface area is 275 Å². The third-order valence-corrected chi connectivity index (χ3v) is 8.27. The van der Waals surface area contributed by atoms with E-state index in [0.29, 0.717) is 41.0 Å². The van der Waals surface area contributed by atoms with Crippen LogP contribution in [0.15, 0.2) is 55.6 Å². The number of hydrogen-bond donors (Lipinski definition) is 3. The van der Waals surface area contributed by atoms with Gasteiger partial charge >= 0.3 is 11.4 Å². The van der Waals surface area contributed by atoms with Gasteiger partial charge in [0.15, 0.2) is 0 Å². The predicted octanol–water partition coefficient (Wildman–Crippen LogP) is 7.25. The van der Waals surface area contributed by atoms with E-state index in [9.17, 15) is 19.2 Å². The van der Waals surface area contributed by atoms with E-state index in [-0.39, 0.29) is 29.0 Å². The smallest absolute Gasteiger partial charge is 0.331 e. The summed E-state index contributed by atoms with van der Waals surface area (Å²) in [5, 5.41) is 0. The molecule has 1 aliphatic carbocycles. The zero-order chi connectivity index (χ0) is 34.4. The van der Waals surface area contributed by atoms with Crippen molar-refractivity contribution in [3.05, 3.63) is 111 Å². The van der Waals surface area contributed by atoms with Crippen LogP contribution in [-0.4, -0.2) is 19.5 Å². The lowest BCUT2D eigenvalue weighted by molar-refractivity contribution is 0.294. The molecule has 10 nitrogen and oxygen atoms in total. The van der Waals surface area contributed by atoms with Gasteiger partial charge in [0.25, 0.3) is 11.1 Å². The Hall–Kier alpha value is -4.60. The molecule has 0 spiro atoms. The van der Waals surface area contributed by atoms with Gasteiger partial charge in [0, 0.05) is 6.54 Å². The molecule has 0 unspecified atom stereocenters. The molecule has 0 saturated heterocycles. The van der Waals surface area contributed by atoms with Crippen molar-refractivity contribution in [3.63, 3.8) is 0 Å². The normalized spacial score (nSPS) is 13.4. The van der Waals surface area contributed by atoms with Gasteiger partial charge in [-0.15, -0.1) is 0 Å². The summed E-state index contributed by atoms with van der Waals surface area (Å²) in [5.41, 5.74) is 3.53. The van der Waals surface area contributed by atoms with Crippen molar-refractivity contribution < 1.29 is 9.47 Å². The first-order chi connectivity index (χ1) is 22.2. The first-order valence-corrected chi connectivity index (χ1v) is 16.5. The fourth-order valence-electron chi connectivity index (χ4n) is 6.27. The molecule has 0 bridgehead atoms. The maximum atomic E-state index is 12.7. The number of hydrogen-bond acceptors (Lipinski definition) is 6. The lowest BCUT2D eigenvalue weighted by atomic mass is 9.89. The fourth-order valence-corrected chi connectivity index (χ4v) is 6.27. The van der Waals surface area contributed by atoms with Crippen LogP contribution in [0.2, 0.25) is 0 Å². The minimum absolute atomic E-state index is 0.0483. The molecule has 1 saturated carbocycles. The van der Waals surface area contributed by atoms with Crippen molar-refractivity contribution in [1.82, 2.24) is 19.5 Å². The summed E-state index contributed by atoms with van der Waals surface area (Å²) in [7, 11) is 0. The second kappa shape index (κ2) is 15.3. The molecule has 0 amide bonds. The van der Waals surface area contributed by atoms with Crippen molar-refractivity contribution in [2.75, 3.05) is 0 Å². The molecule has 47 heavy (non-hydrogen) atoms. The van der Waals surface area contributed by atoms with E-state index in [1.807, 2.05) is 85.7 Å². The first kappa shape index (κ1) is 35.3. The van der Waals surface area contributed by atoms with Crippen molar-refractivity contribution in [2.45, 2.75) is 106 Å². The molecule has 1 fully saturated rings. The summed E-state index contributed by atoms with van der Waals surface area (Å²) >= 11 is 0. The molecule has 4 aromatic rings. The van der Waals surface area contributed by atoms with Crippen molar-refractivity contribution in [2.24, 2.45) is 5.92 Å². The zero-order valence-corrected chi connectivity index (χ0v) is 28.8. The van der Waals surface area contributed by atoms with Gasteiger partial charge in [0.2, 0.25) is 11.8 Å².